The third-order valence-electron chi connectivity index (χ3n) is 3.02. The van der Waals surface area contributed by atoms with E-state index in [1.165, 1.54) is 11.1 Å². The van der Waals surface area contributed by atoms with Crippen LogP contribution in [0.4, 0.5) is 0 Å². The molecule has 90 valence electrons. The molecule has 0 atom stereocenters. The first kappa shape index (κ1) is 11.3. The SMILES string of the molecule is Cc1ccc(Cl)c(-c2nc3cc(C)ccc3[nH]2)c1. The van der Waals surface area contributed by atoms with Crippen LogP contribution in [0.25, 0.3) is 22.4 Å². The van der Waals surface area contributed by atoms with Crippen molar-refractivity contribution in [3.8, 4) is 11.4 Å². The first-order chi connectivity index (χ1) is 8.63. The Kier molecular flexibility index (Phi) is 2.60. The summed E-state index contributed by atoms with van der Waals surface area (Å²) in [5.41, 5.74) is 5.34. The Bertz CT molecular complexity index is 728. The number of hydrogen-bond acceptors (Lipinski definition) is 1. The summed E-state index contributed by atoms with van der Waals surface area (Å²) in [4.78, 5) is 7.92. The van der Waals surface area contributed by atoms with E-state index in [1.807, 2.05) is 31.2 Å². The van der Waals surface area contributed by atoms with Crippen molar-refractivity contribution in [3.05, 3.63) is 52.5 Å². The van der Waals surface area contributed by atoms with Crippen molar-refractivity contribution in [1.82, 2.24) is 9.97 Å². The van der Waals surface area contributed by atoms with Gasteiger partial charge >= 0.3 is 0 Å². The molecule has 3 heteroatoms. The molecule has 3 rings (SSSR count). The normalized spacial score (nSPS) is 11.1. The van der Waals surface area contributed by atoms with Crippen LogP contribution in [0.1, 0.15) is 11.1 Å². The molecule has 1 heterocycles. The number of hydrogen-bond donors (Lipinski definition) is 1. The Hall–Kier alpha value is -1.80. The molecule has 18 heavy (non-hydrogen) atoms. The quantitative estimate of drug-likeness (QED) is 0.682. The zero-order valence-corrected chi connectivity index (χ0v) is 11.0. The topological polar surface area (TPSA) is 28.7 Å². The fraction of sp³-hybridized carbons (Fsp3) is 0.133. The van der Waals surface area contributed by atoms with Crippen molar-refractivity contribution in [2.24, 2.45) is 0 Å². The molecule has 0 fully saturated rings. The molecule has 0 radical (unpaired) electrons. The lowest BCUT2D eigenvalue weighted by Crippen LogP contribution is -1.83. The number of benzene rings is 2. The van der Waals surface area contributed by atoms with Crippen molar-refractivity contribution in [3.63, 3.8) is 0 Å². The third-order valence-corrected chi connectivity index (χ3v) is 3.35. The van der Waals surface area contributed by atoms with Crippen molar-refractivity contribution < 1.29 is 0 Å². The molecule has 0 spiro atoms. The molecule has 0 saturated heterocycles. The van der Waals surface area contributed by atoms with Gasteiger partial charge in [0.25, 0.3) is 0 Å². The van der Waals surface area contributed by atoms with Crippen molar-refractivity contribution >= 4 is 22.6 Å². The van der Waals surface area contributed by atoms with Gasteiger partial charge in [0.2, 0.25) is 0 Å². The maximum atomic E-state index is 6.23. The van der Waals surface area contributed by atoms with Gasteiger partial charge in [-0.25, -0.2) is 4.98 Å². The van der Waals surface area contributed by atoms with Crippen LogP contribution in [-0.2, 0) is 0 Å². The summed E-state index contributed by atoms with van der Waals surface area (Å²) in [5.74, 6) is 0.823. The zero-order valence-electron chi connectivity index (χ0n) is 10.3. The third kappa shape index (κ3) is 1.89. The molecule has 0 aliphatic rings. The number of imidazole rings is 1. The maximum Gasteiger partial charge on any atom is 0.140 e. The van der Waals surface area contributed by atoms with Gasteiger partial charge < -0.3 is 4.98 Å². The summed E-state index contributed by atoms with van der Waals surface area (Å²) < 4.78 is 0. The second kappa shape index (κ2) is 4.14. The number of nitrogens with zero attached hydrogens (tertiary/aromatic N) is 1. The molecular weight excluding hydrogens is 244 g/mol. The van der Waals surface area contributed by atoms with Gasteiger partial charge in [-0.3, -0.25) is 0 Å². The second-order valence-corrected chi connectivity index (χ2v) is 5.00. The van der Waals surface area contributed by atoms with Gasteiger partial charge in [-0.1, -0.05) is 29.3 Å². The van der Waals surface area contributed by atoms with Crippen LogP contribution in [0.2, 0.25) is 5.02 Å². The smallest absolute Gasteiger partial charge is 0.140 e. The summed E-state index contributed by atoms with van der Waals surface area (Å²) in [7, 11) is 0. The first-order valence-corrected chi connectivity index (χ1v) is 6.24. The summed E-state index contributed by atoms with van der Waals surface area (Å²) in [6.07, 6.45) is 0. The standard InChI is InChI=1S/C15H13ClN2/c1-9-3-5-12(16)11(7-9)15-17-13-6-4-10(2)8-14(13)18-15/h3-8H,1-2H3,(H,17,18). The molecule has 1 N–H and O–H groups in total. The van der Waals surface area contributed by atoms with Crippen LogP contribution < -0.4 is 0 Å². The molecule has 2 nitrogen and oxygen atoms in total. The van der Waals surface area contributed by atoms with Crippen molar-refractivity contribution in [2.75, 3.05) is 0 Å². The Morgan fingerprint density at radius 2 is 1.72 bits per heavy atom. The minimum Gasteiger partial charge on any atom is -0.338 e. The van der Waals surface area contributed by atoms with Crippen LogP contribution in [0, 0.1) is 13.8 Å². The largest absolute Gasteiger partial charge is 0.338 e. The lowest BCUT2D eigenvalue weighted by Gasteiger charge is -2.01. The number of H-pyrrole nitrogens is 1. The molecular formula is C15H13ClN2. The van der Waals surface area contributed by atoms with E-state index in [1.54, 1.807) is 0 Å². The molecule has 0 amide bonds. The van der Waals surface area contributed by atoms with Crippen LogP contribution in [0.5, 0.6) is 0 Å². The average molecular weight is 257 g/mol. The summed E-state index contributed by atoms with van der Waals surface area (Å²) in [6, 6.07) is 12.1. The maximum absolute atomic E-state index is 6.23. The molecule has 3 aromatic rings. The van der Waals surface area contributed by atoms with Crippen molar-refractivity contribution in [1.29, 1.82) is 0 Å². The number of aromatic nitrogens is 2. The van der Waals surface area contributed by atoms with Gasteiger partial charge in [0.1, 0.15) is 5.82 Å². The summed E-state index contributed by atoms with van der Waals surface area (Å²) in [6.45, 7) is 4.11. The lowest BCUT2D eigenvalue weighted by molar-refractivity contribution is 1.32. The van der Waals surface area contributed by atoms with E-state index >= 15 is 0 Å². The van der Waals surface area contributed by atoms with Gasteiger partial charge in [0.05, 0.1) is 16.1 Å². The Morgan fingerprint density at radius 1 is 1.00 bits per heavy atom. The predicted octanol–water partition coefficient (Wildman–Crippen LogP) is 4.50. The number of aryl methyl sites for hydroxylation is 2. The number of aromatic amines is 1. The van der Waals surface area contributed by atoms with Gasteiger partial charge in [0, 0.05) is 5.56 Å². The Balaban J connectivity index is 2.22. The molecule has 0 bridgehead atoms. The highest BCUT2D eigenvalue weighted by molar-refractivity contribution is 6.33. The predicted molar refractivity (Wildman–Crippen MR) is 76.0 cm³/mol. The molecule has 0 aliphatic carbocycles. The average Bonchev–Trinajstić information content (AvgIpc) is 2.74. The molecule has 0 saturated carbocycles. The minimum atomic E-state index is 0.719. The monoisotopic (exact) mass is 256 g/mol. The van der Waals surface area contributed by atoms with Gasteiger partial charge in [-0.15, -0.1) is 0 Å². The molecule has 0 unspecified atom stereocenters. The lowest BCUT2D eigenvalue weighted by atomic mass is 10.1. The van der Waals surface area contributed by atoms with E-state index in [4.69, 9.17) is 11.6 Å². The Labute approximate surface area is 111 Å². The second-order valence-electron chi connectivity index (χ2n) is 4.59. The molecule has 2 aromatic carbocycles. The van der Waals surface area contributed by atoms with E-state index in [0.717, 1.165) is 27.4 Å². The first-order valence-electron chi connectivity index (χ1n) is 5.86. The van der Waals surface area contributed by atoms with E-state index in [2.05, 4.69) is 29.0 Å². The summed E-state index contributed by atoms with van der Waals surface area (Å²) in [5, 5.41) is 0.719. The number of nitrogens with one attached hydrogen (secondary N) is 1. The van der Waals surface area contributed by atoms with Gasteiger partial charge in [0.15, 0.2) is 0 Å². The fourth-order valence-electron chi connectivity index (χ4n) is 2.06. The number of halogens is 1. The van der Waals surface area contributed by atoms with Crippen LogP contribution in [-0.4, -0.2) is 9.97 Å². The highest BCUT2D eigenvalue weighted by Gasteiger charge is 2.09. The van der Waals surface area contributed by atoms with Gasteiger partial charge in [-0.05, 0) is 43.7 Å². The van der Waals surface area contributed by atoms with E-state index in [9.17, 15) is 0 Å². The van der Waals surface area contributed by atoms with E-state index in [0.29, 0.717) is 0 Å². The number of fused-ring (bicyclic) bond motifs is 1. The van der Waals surface area contributed by atoms with E-state index in [-0.39, 0.29) is 0 Å². The van der Waals surface area contributed by atoms with Gasteiger partial charge in [-0.2, -0.15) is 0 Å². The zero-order chi connectivity index (χ0) is 12.7. The van der Waals surface area contributed by atoms with E-state index < -0.39 is 0 Å². The fourth-order valence-corrected chi connectivity index (χ4v) is 2.27. The highest BCUT2D eigenvalue weighted by Crippen LogP contribution is 2.28. The molecule has 0 aliphatic heterocycles. The van der Waals surface area contributed by atoms with Crippen molar-refractivity contribution in [2.45, 2.75) is 13.8 Å². The number of rotatable bonds is 1. The minimum absolute atomic E-state index is 0.719. The highest BCUT2D eigenvalue weighted by atomic mass is 35.5. The summed E-state index contributed by atoms with van der Waals surface area (Å²) >= 11 is 6.23. The van der Waals surface area contributed by atoms with Crippen LogP contribution in [0.3, 0.4) is 0 Å². The van der Waals surface area contributed by atoms with Crippen LogP contribution >= 0.6 is 11.6 Å². The van der Waals surface area contributed by atoms with Crippen LogP contribution in [0.15, 0.2) is 36.4 Å². The Morgan fingerprint density at radius 3 is 2.56 bits per heavy atom. The molecule has 1 aromatic heterocycles.